The van der Waals surface area contributed by atoms with Gasteiger partial charge in [0.05, 0.1) is 12.7 Å². The molecule has 0 aromatic heterocycles. The summed E-state index contributed by atoms with van der Waals surface area (Å²) in [6.45, 7) is 4.19. The van der Waals surface area contributed by atoms with Crippen LogP contribution in [0.2, 0.25) is 0 Å². The molecular formula is C28H26F4O. The van der Waals surface area contributed by atoms with E-state index in [1.54, 1.807) is 49.4 Å². The first kappa shape index (κ1) is 23.2. The van der Waals surface area contributed by atoms with Gasteiger partial charge in [-0.15, -0.1) is 0 Å². The molecule has 0 N–H and O–H groups in total. The fraction of sp³-hybridized carbons (Fsp3) is 0.286. The summed E-state index contributed by atoms with van der Waals surface area (Å²) in [6, 6.07) is 12.5. The minimum absolute atomic E-state index is 0.110. The number of hydrogen-bond donors (Lipinski definition) is 0. The highest BCUT2D eigenvalue weighted by Gasteiger charge is 2.26. The number of hydrogen-bond acceptors (Lipinski definition) is 1. The Kier molecular flexibility index (Phi) is 6.99. The second kappa shape index (κ2) is 9.92. The zero-order valence-corrected chi connectivity index (χ0v) is 18.7. The lowest BCUT2D eigenvalue weighted by atomic mass is 9.92. The van der Waals surface area contributed by atoms with Crippen LogP contribution in [0.5, 0.6) is 0 Å². The first-order chi connectivity index (χ1) is 15.9. The van der Waals surface area contributed by atoms with E-state index in [4.69, 9.17) is 4.74 Å². The standard InChI is InChI=1S/C28H26F4O/c1-3-5-17-6-15-24(33-16-17)23-14-13-22(27(31)28(23)32)20-9-7-19(8-10-20)21-12-11-18(4-2)25(29)26(21)30/h3,5,7-14,17,24H,4,6,15-16H2,1-2H3. The zero-order chi connectivity index (χ0) is 23.5. The molecule has 4 rings (SSSR count). The summed E-state index contributed by atoms with van der Waals surface area (Å²) >= 11 is 0. The molecule has 0 spiro atoms. The molecule has 1 fully saturated rings. The molecule has 1 heterocycles. The van der Waals surface area contributed by atoms with Crippen LogP contribution in [-0.4, -0.2) is 6.61 Å². The Bertz CT molecular complexity index is 1160. The molecule has 3 aromatic rings. The summed E-state index contributed by atoms with van der Waals surface area (Å²) in [6.07, 6.45) is 5.44. The van der Waals surface area contributed by atoms with Crippen LogP contribution in [0.15, 0.2) is 60.7 Å². The van der Waals surface area contributed by atoms with Crippen LogP contribution in [-0.2, 0) is 11.2 Å². The third-order valence-electron chi connectivity index (χ3n) is 6.28. The van der Waals surface area contributed by atoms with E-state index in [0.717, 1.165) is 6.42 Å². The molecule has 1 saturated heterocycles. The van der Waals surface area contributed by atoms with Crippen LogP contribution in [0.1, 0.15) is 43.9 Å². The van der Waals surface area contributed by atoms with Crippen molar-refractivity contribution < 1.29 is 22.3 Å². The smallest absolute Gasteiger partial charge is 0.167 e. The molecule has 0 amide bonds. The van der Waals surface area contributed by atoms with Gasteiger partial charge in [0.25, 0.3) is 0 Å². The molecular weight excluding hydrogens is 428 g/mol. The van der Waals surface area contributed by atoms with E-state index in [2.05, 4.69) is 6.08 Å². The fourth-order valence-electron chi connectivity index (χ4n) is 4.39. The average molecular weight is 455 g/mol. The quantitative estimate of drug-likeness (QED) is 0.279. The van der Waals surface area contributed by atoms with E-state index in [9.17, 15) is 17.6 Å². The Hall–Kier alpha value is -2.92. The Balaban J connectivity index is 1.58. The predicted molar refractivity (Wildman–Crippen MR) is 123 cm³/mol. The lowest BCUT2D eigenvalue weighted by Crippen LogP contribution is -2.20. The van der Waals surface area contributed by atoms with Crippen LogP contribution in [0.3, 0.4) is 0 Å². The van der Waals surface area contributed by atoms with Crippen LogP contribution < -0.4 is 0 Å². The molecule has 5 heteroatoms. The Morgan fingerprint density at radius 1 is 0.788 bits per heavy atom. The van der Waals surface area contributed by atoms with Gasteiger partial charge in [0, 0.05) is 22.6 Å². The number of rotatable bonds is 5. The van der Waals surface area contributed by atoms with Crippen LogP contribution in [0.25, 0.3) is 22.3 Å². The third-order valence-corrected chi connectivity index (χ3v) is 6.28. The van der Waals surface area contributed by atoms with Gasteiger partial charge in [-0.1, -0.05) is 67.6 Å². The molecule has 2 atom stereocenters. The minimum atomic E-state index is -0.941. The van der Waals surface area contributed by atoms with Crippen molar-refractivity contribution in [2.24, 2.45) is 5.92 Å². The number of halogens is 4. The van der Waals surface area contributed by atoms with Gasteiger partial charge < -0.3 is 4.74 Å². The van der Waals surface area contributed by atoms with Crippen molar-refractivity contribution in [3.05, 3.63) is 95.1 Å². The van der Waals surface area contributed by atoms with Crippen LogP contribution >= 0.6 is 0 Å². The lowest BCUT2D eigenvalue weighted by Gasteiger charge is -2.28. The van der Waals surface area contributed by atoms with Crippen molar-refractivity contribution in [1.82, 2.24) is 0 Å². The molecule has 1 aliphatic heterocycles. The van der Waals surface area contributed by atoms with Gasteiger partial charge in [0.15, 0.2) is 23.3 Å². The first-order valence-electron chi connectivity index (χ1n) is 11.2. The summed E-state index contributed by atoms with van der Waals surface area (Å²) in [7, 11) is 0. The largest absolute Gasteiger partial charge is 0.373 e. The van der Waals surface area contributed by atoms with Crippen molar-refractivity contribution >= 4 is 0 Å². The van der Waals surface area contributed by atoms with Gasteiger partial charge >= 0.3 is 0 Å². The Morgan fingerprint density at radius 3 is 1.94 bits per heavy atom. The molecule has 1 nitrogen and oxygen atoms in total. The van der Waals surface area contributed by atoms with E-state index in [1.807, 2.05) is 13.0 Å². The van der Waals surface area contributed by atoms with Gasteiger partial charge in [-0.2, -0.15) is 0 Å². The molecule has 0 bridgehead atoms. The monoisotopic (exact) mass is 454 g/mol. The second-order valence-corrected chi connectivity index (χ2v) is 8.35. The highest BCUT2D eigenvalue weighted by molar-refractivity contribution is 5.71. The number of aryl methyl sites for hydroxylation is 1. The van der Waals surface area contributed by atoms with E-state index in [-0.39, 0.29) is 16.7 Å². The Labute approximate surface area is 191 Å². The molecule has 0 saturated carbocycles. The molecule has 0 aliphatic carbocycles. The summed E-state index contributed by atoms with van der Waals surface area (Å²) in [4.78, 5) is 0. The second-order valence-electron chi connectivity index (χ2n) is 8.35. The maximum absolute atomic E-state index is 15.0. The molecule has 3 aromatic carbocycles. The van der Waals surface area contributed by atoms with Crippen molar-refractivity contribution in [2.45, 2.75) is 39.2 Å². The van der Waals surface area contributed by atoms with Crippen molar-refractivity contribution in [2.75, 3.05) is 6.61 Å². The van der Waals surface area contributed by atoms with Crippen LogP contribution in [0, 0.1) is 29.2 Å². The molecule has 0 radical (unpaired) electrons. The highest BCUT2D eigenvalue weighted by Crippen LogP contribution is 2.36. The number of allylic oxidation sites excluding steroid dienone is 1. The van der Waals surface area contributed by atoms with Gasteiger partial charge in [-0.05, 0) is 42.9 Å². The minimum Gasteiger partial charge on any atom is -0.373 e. The maximum Gasteiger partial charge on any atom is 0.167 e. The maximum atomic E-state index is 15.0. The molecule has 33 heavy (non-hydrogen) atoms. The number of ether oxygens (including phenoxy) is 1. The summed E-state index contributed by atoms with van der Waals surface area (Å²) in [5.74, 6) is -3.32. The third kappa shape index (κ3) is 4.60. The first-order valence-corrected chi connectivity index (χ1v) is 11.2. The van der Waals surface area contributed by atoms with Gasteiger partial charge in [-0.3, -0.25) is 0 Å². The van der Waals surface area contributed by atoms with Crippen molar-refractivity contribution in [3.8, 4) is 22.3 Å². The van der Waals surface area contributed by atoms with Gasteiger partial charge in [-0.25, -0.2) is 17.6 Å². The zero-order valence-electron chi connectivity index (χ0n) is 18.7. The van der Waals surface area contributed by atoms with Crippen LogP contribution in [0.4, 0.5) is 17.6 Å². The van der Waals surface area contributed by atoms with Gasteiger partial charge in [0.2, 0.25) is 0 Å². The van der Waals surface area contributed by atoms with Crippen molar-refractivity contribution in [3.63, 3.8) is 0 Å². The SMILES string of the molecule is CC=CC1CCC(c2ccc(-c3ccc(-c4ccc(CC)c(F)c4F)cc3)c(F)c2F)OC1. The Morgan fingerprint density at radius 2 is 1.39 bits per heavy atom. The normalized spacial score (nSPS) is 18.7. The van der Waals surface area contributed by atoms with Gasteiger partial charge in [0.1, 0.15) is 0 Å². The van der Waals surface area contributed by atoms with E-state index >= 15 is 0 Å². The summed E-state index contributed by atoms with van der Waals surface area (Å²) in [5, 5.41) is 0. The van der Waals surface area contributed by atoms with E-state index in [0.29, 0.717) is 42.1 Å². The van der Waals surface area contributed by atoms with E-state index < -0.39 is 29.4 Å². The topological polar surface area (TPSA) is 9.23 Å². The molecule has 2 unspecified atom stereocenters. The summed E-state index contributed by atoms with van der Waals surface area (Å²) in [5.41, 5.74) is 1.68. The predicted octanol–water partition coefficient (Wildman–Crippen LogP) is 8.18. The van der Waals surface area contributed by atoms with E-state index in [1.165, 1.54) is 6.07 Å². The molecule has 1 aliphatic rings. The lowest BCUT2D eigenvalue weighted by molar-refractivity contribution is -0.00743. The average Bonchev–Trinajstić information content (AvgIpc) is 2.84. The number of benzene rings is 3. The van der Waals surface area contributed by atoms with Crippen molar-refractivity contribution in [1.29, 1.82) is 0 Å². The summed E-state index contributed by atoms with van der Waals surface area (Å²) < 4.78 is 64.3. The fourth-order valence-corrected chi connectivity index (χ4v) is 4.39. The molecule has 172 valence electrons. The highest BCUT2D eigenvalue weighted by atomic mass is 19.2.